The highest BCUT2D eigenvalue weighted by molar-refractivity contribution is 5.69. The van der Waals surface area contributed by atoms with E-state index in [9.17, 15) is 40.5 Å². The van der Waals surface area contributed by atoms with Gasteiger partial charge in [0.1, 0.15) is 54.9 Å². The lowest BCUT2D eigenvalue weighted by Crippen LogP contribution is -2.61. The molecule has 0 spiro atoms. The lowest BCUT2D eigenvalue weighted by Gasteiger charge is -2.42. The molecule has 2 aliphatic heterocycles. The van der Waals surface area contributed by atoms with E-state index in [0.717, 1.165) is 96.3 Å². The number of rotatable bonds is 47. The predicted molar refractivity (Wildman–Crippen MR) is 307 cm³/mol. The maximum absolute atomic E-state index is 13.1. The fraction of sp³-hybridized carbons (Fsp3) is 0.730. The van der Waals surface area contributed by atoms with Gasteiger partial charge in [-0.3, -0.25) is 4.79 Å². The molecule has 0 aliphatic carbocycles. The molecule has 0 bridgehead atoms. The molecule has 0 amide bonds. The second kappa shape index (κ2) is 48.8. The summed E-state index contributed by atoms with van der Waals surface area (Å²) in [7, 11) is 0. The molecule has 2 rings (SSSR count). The van der Waals surface area contributed by atoms with Crippen molar-refractivity contribution in [2.75, 3.05) is 33.0 Å². The van der Waals surface area contributed by atoms with Gasteiger partial charge in [-0.25, -0.2) is 0 Å². The van der Waals surface area contributed by atoms with Gasteiger partial charge in [-0.15, -0.1) is 0 Å². The fourth-order valence-electron chi connectivity index (χ4n) is 8.79. The van der Waals surface area contributed by atoms with Crippen molar-refractivity contribution in [1.29, 1.82) is 0 Å². The monoisotopic (exact) mass is 1090 g/mol. The number of carbonyl (C=O) groups is 1. The SMILES string of the molecule is CC/C=C\C/C=C\C/C=C\C/C=C\C/C=C\C/C=C\CCCCCCC(=O)OC(COCCCCCCCCCCCC/C=C\C/C=C\CCCCC)COC1OC(COC2OC(CO)C(O)C(O)C2O)C(O)C(O)C1O. The molecule has 7 N–H and O–H groups in total. The van der Waals surface area contributed by atoms with Crippen LogP contribution in [-0.4, -0.2) is 142 Å². The first-order valence-corrected chi connectivity index (χ1v) is 29.8. The van der Waals surface area contributed by atoms with Gasteiger partial charge in [0, 0.05) is 13.0 Å². The van der Waals surface area contributed by atoms with Crippen LogP contribution in [-0.2, 0) is 33.2 Å². The van der Waals surface area contributed by atoms with E-state index in [0.29, 0.717) is 13.0 Å². The van der Waals surface area contributed by atoms with E-state index in [-0.39, 0.29) is 19.6 Å². The number of unbranched alkanes of at least 4 members (excludes halogenated alkanes) is 17. The summed E-state index contributed by atoms with van der Waals surface area (Å²) in [6.07, 6.45) is 48.9. The van der Waals surface area contributed by atoms with Crippen LogP contribution in [0.3, 0.4) is 0 Å². The van der Waals surface area contributed by atoms with Crippen LogP contribution in [0.15, 0.2) is 97.2 Å². The van der Waals surface area contributed by atoms with E-state index in [1.165, 1.54) is 70.6 Å². The quantitative estimate of drug-likeness (QED) is 0.0172. The molecule has 14 nitrogen and oxygen atoms in total. The number of aliphatic hydroxyl groups is 7. The minimum atomic E-state index is -1.72. The lowest BCUT2D eigenvalue weighted by molar-refractivity contribution is -0.332. The Morgan fingerprint density at radius 1 is 0.442 bits per heavy atom. The van der Waals surface area contributed by atoms with Crippen molar-refractivity contribution in [2.45, 2.75) is 261 Å². The molecular formula is C63H106O14. The summed E-state index contributed by atoms with van der Waals surface area (Å²) in [5.41, 5.74) is 0. The molecule has 0 aromatic heterocycles. The Bertz CT molecular complexity index is 1640. The topological polar surface area (TPSA) is 214 Å². The third kappa shape index (κ3) is 35.3. The zero-order chi connectivity index (χ0) is 55.8. The largest absolute Gasteiger partial charge is 0.457 e. The Morgan fingerprint density at radius 2 is 0.844 bits per heavy atom. The van der Waals surface area contributed by atoms with E-state index in [4.69, 9.17) is 28.4 Å². The standard InChI is InChI=1S/C63H106O14/c1-3-5-7-9-11-13-15-17-19-21-23-25-26-27-28-30-32-34-36-38-40-42-44-46-55(65)75-52(49-72-47-45-43-41-39-37-35-33-31-29-24-22-20-18-16-14-12-10-8-6-4-2)50-73-62-61(71)59(69)57(67)54(77-62)51-74-63-60(70)58(68)56(66)53(48-64)76-63/h5,7,11-14,17-20,23,25,27-28,32,34,52-54,56-64,66-71H,3-4,6,8-10,15-16,21-22,24,26,29-31,33,35-51H2,1-2H3/b7-5-,13-11-,14-12-,19-17-,20-18-,25-23-,28-27-,34-32-. The average Bonchev–Trinajstić information content (AvgIpc) is 3.43. The van der Waals surface area contributed by atoms with Crippen LogP contribution in [0.5, 0.6) is 0 Å². The van der Waals surface area contributed by atoms with Crippen LogP contribution >= 0.6 is 0 Å². The van der Waals surface area contributed by atoms with Gasteiger partial charge < -0.3 is 64.2 Å². The van der Waals surface area contributed by atoms with Crippen LogP contribution in [0.4, 0.5) is 0 Å². The van der Waals surface area contributed by atoms with Gasteiger partial charge in [0.15, 0.2) is 12.6 Å². The van der Waals surface area contributed by atoms with E-state index >= 15 is 0 Å². The maximum atomic E-state index is 13.1. The molecule has 2 heterocycles. The molecule has 0 aromatic carbocycles. The molecular weight excluding hydrogens is 981 g/mol. The maximum Gasteiger partial charge on any atom is 0.306 e. The van der Waals surface area contributed by atoms with E-state index < -0.39 is 86.7 Å². The summed E-state index contributed by atoms with van der Waals surface area (Å²) in [4.78, 5) is 13.1. The van der Waals surface area contributed by atoms with Crippen LogP contribution < -0.4 is 0 Å². The van der Waals surface area contributed by atoms with Crippen molar-refractivity contribution in [1.82, 2.24) is 0 Å². The highest BCUT2D eigenvalue weighted by atomic mass is 16.7. The van der Waals surface area contributed by atoms with Gasteiger partial charge >= 0.3 is 5.97 Å². The lowest BCUT2D eigenvalue weighted by atomic mass is 9.98. The zero-order valence-corrected chi connectivity index (χ0v) is 47.4. The van der Waals surface area contributed by atoms with Crippen molar-refractivity contribution >= 4 is 5.97 Å². The van der Waals surface area contributed by atoms with Gasteiger partial charge in [-0.05, 0) is 96.3 Å². The zero-order valence-electron chi connectivity index (χ0n) is 47.4. The third-order valence-corrected chi connectivity index (χ3v) is 13.6. The molecule has 2 fully saturated rings. The second-order valence-electron chi connectivity index (χ2n) is 20.4. The Hall–Kier alpha value is -3.09. The normalized spacial score (nSPS) is 25.0. The van der Waals surface area contributed by atoms with Crippen LogP contribution in [0.2, 0.25) is 0 Å². The fourth-order valence-corrected chi connectivity index (χ4v) is 8.79. The molecule has 442 valence electrons. The molecule has 11 atom stereocenters. The summed E-state index contributed by atoms with van der Waals surface area (Å²) in [6.45, 7) is 3.50. The molecule has 0 saturated carbocycles. The average molecular weight is 1090 g/mol. The number of carbonyl (C=O) groups excluding carboxylic acids is 1. The molecule has 2 saturated heterocycles. The van der Waals surface area contributed by atoms with Crippen LogP contribution in [0.25, 0.3) is 0 Å². The number of allylic oxidation sites excluding steroid dienone is 16. The first kappa shape index (κ1) is 70.0. The Labute approximate surface area is 464 Å². The van der Waals surface area contributed by atoms with Crippen molar-refractivity contribution in [3.63, 3.8) is 0 Å². The molecule has 14 heteroatoms. The van der Waals surface area contributed by atoms with Crippen molar-refractivity contribution in [3.05, 3.63) is 97.2 Å². The summed E-state index contributed by atoms with van der Waals surface area (Å²) < 4.78 is 34.4. The number of ether oxygens (including phenoxy) is 6. The number of hydrogen-bond acceptors (Lipinski definition) is 14. The first-order chi connectivity index (χ1) is 37.6. The van der Waals surface area contributed by atoms with Gasteiger partial charge in [-0.1, -0.05) is 188 Å². The van der Waals surface area contributed by atoms with Crippen LogP contribution in [0.1, 0.15) is 194 Å². The van der Waals surface area contributed by atoms with Crippen molar-refractivity contribution in [3.8, 4) is 0 Å². The number of hydrogen-bond donors (Lipinski definition) is 7. The van der Waals surface area contributed by atoms with Gasteiger partial charge in [0.2, 0.25) is 0 Å². The predicted octanol–water partition coefficient (Wildman–Crippen LogP) is 11.0. The second-order valence-corrected chi connectivity index (χ2v) is 20.4. The summed E-state index contributed by atoms with van der Waals surface area (Å²) in [6, 6.07) is 0. The highest BCUT2D eigenvalue weighted by Gasteiger charge is 2.47. The summed E-state index contributed by atoms with van der Waals surface area (Å²) >= 11 is 0. The van der Waals surface area contributed by atoms with Gasteiger partial charge in [0.05, 0.1) is 26.4 Å². The van der Waals surface area contributed by atoms with E-state index in [2.05, 4.69) is 111 Å². The molecule has 2 aliphatic rings. The van der Waals surface area contributed by atoms with Gasteiger partial charge in [0.25, 0.3) is 0 Å². The van der Waals surface area contributed by atoms with Crippen LogP contribution in [0, 0.1) is 0 Å². The Morgan fingerprint density at radius 3 is 1.32 bits per heavy atom. The minimum absolute atomic E-state index is 0.0430. The Kier molecular flexibility index (Phi) is 44.4. The number of aliphatic hydroxyl groups excluding tert-OH is 7. The molecule has 0 radical (unpaired) electrons. The highest BCUT2D eigenvalue weighted by Crippen LogP contribution is 2.26. The smallest absolute Gasteiger partial charge is 0.306 e. The molecule has 0 aromatic rings. The Balaban J connectivity index is 1.73. The molecule has 77 heavy (non-hydrogen) atoms. The van der Waals surface area contributed by atoms with Crippen molar-refractivity contribution < 1.29 is 69.0 Å². The van der Waals surface area contributed by atoms with E-state index in [1.54, 1.807) is 0 Å². The summed E-state index contributed by atoms with van der Waals surface area (Å²) in [5, 5.41) is 72.4. The third-order valence-electron chi connectivity index (χ3n) is 13.6. The van der Waals surface area contributed by atoms with Crippen molar-refractivity contribution in [2.24, 2.45) is 0 Å². The molecule has 11 unspecified atom stereocenters. The minimum Gasteiger partial charge on any atom is -0.457 e. The summed E-state index contributed by atoms with van der Waals surface area (Å²) in [5.74, 6) is -0.404. The van der Waals surface area contributed by atoms with Gasteiger partial charge in [-0.2, -0.15) is 0 Å². The first-order valence-electron chi connectivity index (χ1n) is 29.8. The number of esters is 1. The van der Waals surface area contributed by atoms with E-state index in [1.807, 2.05) is 0 Å².